The van der Waals surface area contributed by atoms with Crippen LogP contribution < -0.4 is 24.3 Å². The molecule has 0 radical (unpaired) electrons. The van der Waals surface area contributed by atoms with Gasteiger partial charge in [-0.1, -0.05) is 18.2 Å². The summed E-state index contributed by atoms with van der Waals surface area (Å²) in [5.41, 5.74) is 0. The van der Waals surface area contributed by atoms with Crippen LogP contribution in [-0.2, 0) is 4.79 Å². The minimum absolute atomic E-state index is 0.0721. The number of ether oxygens (including phenoxy) is 4. The number of benzene rings is 2. The smallest absolute Gasteiger partial charge is 0.258 e. The Kier molecular flexibility index (Phi) is 5.05. The Labute approximate surface area is 140 Å². The number of para-hydroxylation sites is 2. The Morgan fingerprint density at radius 1 is 1.17 bits per heavy atom. The Morgan fingerprint density at radius 2 is 1.96 bits per heavy atom. The second kappa shape index (κ2) is 7.59. The summed E-state index contributed by atoms with van der Waals surface area (Å²) < 4.78 is 21.9. The van der Waals surface area contributed by atoms with Gasteiger partial charge in [0.2, 0.25) is 0 Å². The van der Waals surface area contributed by atoms with E-state index in [9.17, 15) is 4.79 Å². The number of rotatable bonds is 6. The summed E-state index contributed by atoms with van der Waals surface area (Å²) in [7, 11) is 1.58. The van der Waals surface area contributed by atoms with Crippen LogP contribution in [0.2, 0.25) is 0 Å². The van der Waals surface area contributed by atoms with Gasteiger partial charge in [-0.3, -0.25) is 4.79 Å². The number of amides is 1. The monoisotopic (exact) mass is 329 g/mol. The molecular weight excluding hydrogens is 310 g/mol. The van der Waals surface area contributed by atoms with Gasteiger partial charge in [0.05, 0.1) is 13.7 Å². The molecule has 3 rings (SSSR count). The highest BCUT2D eigenvalue weighted by molar-refractivity contribution is 5.77. The average Bonchev–Trinajstić information content (AvgIpc) is 2.64. The van der Waals surface area contributed by atoms with Crippen LogP contribution in [0.5, 0.6) is 23.0 Å². The van der Waals surface area contributed by atoms with Gasteiger partial charge in [0, 0.05) is 6.07 Å². The normalized spacial score (nSPS) is 15.5. The third-order valence-corrected chi connectivity index (χ3v) is 3.51. The molecule has 1 N–H and O–H groups in total. The molecule has 1 atom stereocenters. The van der Waals surface area contributed by atoms with Crippen LogP contribution in [0.4, 0.5) is 0 Å². The van der Waals surface area contributed by atoms with Gasteiger partial charge in [0.1, 0.15) is 24.2 Å². The Hall–Kier alpha value is -2.89. The lowest BCUT2D eigenvalue weighted by Gasteiger charge is -2.26. The lowest BCUT2D eigenvalue weighted by atomic mass is 10.2. The molecule has 6 nitrogen and oxygen atoms in total. The SMILES string of the molecule is COc1cccc(OCC(=O)NCC2COc3ccccc3O2)c1. The first-order valence-electron chi connectivity index (χ1n) is 7.66. The molecule has 0 aliphatic carbocycles. The summed E-state index contributed by atoms with van der Waals surface area (Å²) >= 11 is 0. The summed E-state index contributed by atoms with van der Waals surface area (Å²) in [6, 6.07) is 14.6. The van der Waals surface area contributed by atoms with Crippen LogP contribution in [0.25, 0.3) is 0 Å². The Bertz CT molecular complexity index is 703. The average molecular weight is 329 g/mol. The molecule has 0 saturated heterocycles. The van der Waals surface area contributed by atoms with Crippen LogP contribution in [0, 0.1) is 0 Å². The highest BCUT2D eigenvalue weighted by atomic mass is 16.6. The molecule has 1 aliphatic heterocycles. The second-order valence-electron chi connectivity index (χ2n) is 5.27. The first kappa shape index (κ1) is 16.0. The number of hydrogen-bond acceptors (Lipinski definition) is 5. The molecule has 2 aromatic rings. The van der Waals surface area contributed by atoms with Crippen LogP contribution >= 0.6 is 0 Å². The van der Waals surface area contributed by atoms with Crippen molar-refractivity contribution in [3.05, 3.63) is 48.5 Å². The first-order valence-corrected chi connectivity index (χ1v) is 7.66. The standard InChI is InChI=1S/C18H19NO5/c1-21-13-5-4-6-14(9-13)22-12-18(20)19-10-15-11-23-16-7-2-3-8-17(16)24-15/h2-9,15H,10-12H2,1H3,(H,19,20). The number of methoxy groups -OCH3 is 1. The Balaban J connectivity index is 1.43. The van der Waals surface area contributed by atoms with Crippen molar-refractivity contribution in [2.75, 3.05) is 26.9 Å². The molecule has 1 aliphatic rings. The summed E-state index contributed by atoms with van der Waals surface area (Å²) in [4.78, 5) is 11.9. The van der Waals surface area contributed by atoms with E-state index >= 15 is 0 Å². The maximum absolute atomic E-state index is 11.9. The third-order valence-electron chi connectivity index (χ3n) is 3.51. The summed E-state index contributed by atoms with van der Waals surface area (Å²) in [5, 5.41) is 2.78. The summed E-state index contributed by atoms with van der Waals surface area (Å²) in [5.74, 6) is 2.45. The van der Waals surface area contributed by atoms with Gasteiger partial charge in [0.15, 0.2) is 18.1 Å². The zero-order valence-corrected chi connectivity index (χ0v) is 13.4. The molecule has 0 fully saturated rings. The quantitative estimate of drug-likeness (QED) is 0.878. The van der Waals surface area contributed by atoms with Crippen molar-refractivity contribution in [2.24, 2.45) is 0 Å². The van der Waals surface area contributed by atoms with Crippen molar-refractivity contribution in [1.29, 1.82) is 0 Å². The first-order chi connectivity index (χ1) is 11.7. The van der Waals surface area contributed by atoms with Gasteiger partial charge in [-0.05, 0) is 24.3 Å². The molecular formula is C18H19NO5. The number of carbonyl (C=O) groups excluding carboxylic acids is 1. The van der Waals surface area contributed by atoms with Gasteiger partial charge < -0.3 is 24.3 Å². The number of hydrogen-bond donors (Lipinski definition) is 1. The van der Waals surface area contributed by atoms with Gasteiger partial charge in [-0.15, -0.1) is 0 Å². The van der Waals surface area contributed by atoms with E-state index in [0.29, 0.717) is 30.4 Å². The minimum Gasteiger partial charge on any atom is -0.497 e. The fourth-order valence-corrected chi connectivity index (χ4v) is 2.28. The van der Waals surface area contributed by atoms with E-state index in [1.165, 1.54) is 0 Å². The summed E-state index contributed by atoms with van der Waals surface area (Å²) in [6.45, 7) is 0.681. The molecule has 2 aromatic carbocycles. The maximum atomic E-state index is 11.9. The van der Waals surface area contributed by atoms with Crippen LogP contribution in [0.15, 0.2) is 48.5 Å². The maximum Gasteiger partial charge on any atom is 0.258 e. The van der Waals surface area contributed by atoms with E-state index in [4.69, 9.17) is 18.9 Å². The zero-order chi connectivity index (χ0) is 16.8. The second-order valence-corrected chi connectivity index (χ2v) is 5.27. The molecule has 0 saturated carbocycles. The van der Waals surface area contributed by atoms with Crippen molar-refractivity contribution in [2.45, 2.75) is 6.10 Å². The molecule has 0 aromatic heterocycles. The van der Waals surface area contributed by atoms with Crippen molar-refractivity contribution in [3.8, 4) is 23.0 Å². The fourth-order valence-electron chi connectivity index (χ4n) is 2.28. The van der Waals surface area contributed by atoms with E-state index in [-0.39, 0.29) is 18.6 Å². The predicted molar refractivity (Wildman–Crippen MR) is 87.9 cm³/mol. The highest BCUT2D eigenvalue weighted by Gasteiger charge is 2.21. The van der Waals surface area contributed by atoms with E-state index in [0.717, 1.165) is 5.75 Å². The largest absolute Gasteiger partial charge is 0.497 e. The molecule has 1 heterocycles. The lowest BCUT2D eigenvalue weighted by Crippen LogP contribution is -2.42. The van der Waals surface area contributed by atoms with E-state index in [1.807, 2.05) is 30.3 Å². The van der Waals surface area contributed by atoms with Crippen molar-refractivity contribution in [3.63, 3.8) is 0 Å². The molecule has 126 valence electrons. The van der Waals surface area contributed by atoms with Crippen LogP contribution in [0.3, 0.4) is 0 Å². The number of fused-ring (bicyclic) bond motifs is 1. The lowest BCUT2D eigenvalue weighted by molar-refractivity contribution is -0.123. The highest BCUT2D eigenvalue weighted by Crippen LogP contribution is 2.30. The molecule has 1 unspecified atom stereocenters. The number of nitrogens with one attached hydrogen (secondary N) is 1. The molecule has 0 bridgehead atoms. The van der Waals surface area contributed by atoms with Gasteiger partial charge >= 0.3 is 0 Å². The van der Waals surface area contributed by atoms with Gasteiger partial charge in [0.25, 0.3) is 5.91 Å². The summed E-state index contributed by atoms with van der Waals surface area (Å²) in [6.07, 6.45) is -0.222. The zero-order valence-electron chi connectivity index (χ0n) is 13.4. The van der Waals surface area contributed by atoms with Crippen molar-refractivity contribution in [1.82, 2.24) is 5.32 Å². The van der Waals surface area contributed by atoms with Gasteiger partial charge in [-0.2, -0.15) is 0 Å². The fraction of sp³-hybridized carbons (Fsp3) is 0.278. The van der Waals surface area contributed by atoms with E-state index < -0.39 is 0 Å². The Morgan fingerprint density at radius 3 is 2.79 bits per heavy atom. The van der Waals surface area contributed by atoms with Gasteiger partial charge in [-0.25, -0.2) is 0 Å². The molecule has 1 amide bonds. The van der Waals surface area contributed by atoms with E-state index in [1.54, 1.807) is 25.3 Å². The molecule has 24 heavy (non-hydrogen) atoms. The minimum atomic E-state index is -0.222. The van der Waals surface area contributed by atoms with Crippen molar-refractivity contribution < 1.29 is 23.7 Å². The van der Waals surface area contributed by atoms with Crippen molar-refractivity contribution >= 4 is 5.91 Å². The number of carbonyl (C=O) groups is 1. The van der Waals surface area contributed by atoms with Crippen LogP contribution in [0.1, 0.15) is 0 Å². The predicted octanol–water partition coefficient (Wildman–Crippen LogP) is 2.03. The van der Waals surface area contributed by atoms with Crippen LogP contribution in [-0.4, -0.2) is 38.9 Å². The molecule has 0 spiro atoms. The third kappa shape index (κ3) is 4.10. The topological polar surface area (TPSA) is 66.0 Å². The molecule has 6 heteroatoms. The van der Waals surface area contributed by atoms with E-state index in [2.05, 4.69) is 5.32 Å².